The lowest BCUT2D eigenvalue weighted by atomic mass is 10.0. The van der Waals surface area contributed by atoms with Crippen LogP contribution in [0.1, 0.15) is 49.2 Å². The summed E-state index contributed by atoms with van der Waals surface area (Å²) in [6, 6.07) is 0.259. The first-order chi connectivity index (χ1) is 9.81. The summed E-state index contributed by atoms with van der Waals surface area (Å²) in [6.45, 7) is 3.43. The molecule has 20 heavy (non-hydrogen) atoms. The van der Waals surface area contributed by atoms with Gasteiger partial charge in [-0.1, -0.05) is 12.8 Å². The molecule has 0 spiro atoms. The summed E-state index contributed by atoms with van der Waals surface area (Å²) in [6.07, 6.45) is 10.6. The van der Waals surface area contributed by atoms with Crippen LogP contribution in [-0.4, -0.2) is 41.5 Å². The third-order valence-electron chi connectivity index (χ3n) is 4.54. The van der Waals surface area contributed by atoms with Gasteiger partial charge in [-0.3, -0.25) is 4.79 Å². The fraction of sp³-hybridized carbons (Fsp3) is 0.733. The number of oxazole rings is 1. The second kappa shape index (κ2) is 6.39. The quantitative estimate of drug-likeness (QED) is 0.915. The maximum Gasteiger partial charge on any atom is 0.307 e. The van der Waals surface area contributed by atoms with Crippen LogP contribution in [0.5, 0.6) is 0 Å². The fourth-order valence-electron chi connectivity index (χ4n) is 3.40. The molecule has 1 aliphatic heterocycles. The minimum Gasteiger partial charge on any atom is -0.441 e. The van der Waals surface area contributed by atoms with Crippen LogP contribution < -0.4 is 5.32 Å². The number of nitrogens with one attached hydrogen (secondary N) is 1. The lowest BCUT2D eigenvalue weighted by Crippen LogP contribution is -2.45. The average molecular weight is 277 g/mol. The Hall–Kier alpha value is -1.36. The number of hydrogen-bond donors (Lipinski definition) is 1. The number of carbonyl (C=O) groups is 1. The zero-order chi connectivity index (χ0) is 13.8. The predicted octanol–water partition coefficient (Wildman–Crippen LogP) is 2.06. The molecule has 0 aromatic carbocycles. The first-order valence-corrected chi connectivity index (χ1v) is 7.74. The van der Waals surface area contributed by atoms with Crippen molar-refractivity contribution in [3.63, 3.8) is 0 Å². The summed E-state index contributed by atoms with van der Waals surface area (Å²) < 4.78 is 5.01. The van der Waals surface area contributed by atoms with Crippen molar-refractivity contribution >= 4 is 5.91 Å². The lowest BCUT2D eigenvalue weighted by Gasteiger charge is -2.33. The van der Waals surface area contributed by atoms with Gasteiger partial charge in [0.1, 0.15) is 6.26 Å². The lowest BCUT2D eigenvalue weighted by molar-refractivity contribution is 0.0871. The average Bonchev–Trinajstić information content (AvgIpc) is 3.13. The molecule has 1 saturated heterocycles. The van der Waals surface area contributed by atoms with Crippen molar-refractivity contribution < 1.29 is 9.21 Å². The van der Waals surface area contributed by atoms with Gasteiger partial charge in [-0.2, -0.15) is 0 Å². The van der Waals surface area contributed by atoms with Crippen molar-refractivity contribution in [3.8, 4) is 0 Å². The van der Waals surface area contributed by atoms with E-state index in [1.165, 1.54) is 44.7 Å². The zero-order valence-electron chi connectivity index (χ0n) is 11.9. The molecule has 5 heteroatoms. The Bertz CT molecular complexity index is 418. The Kier molecular flexibility index (Phi) is 4.35. The van der Waals surface area contributed by atoms with Crippen molar-refractivity contribution in [1.82, 2.24) is 15.2 Å². The van der Waals surface area contributed by atoms with Crippen LogP contribution in [0.4, 0.5) is 0 Å². The van der Waals surface area contributed by atoms with Gasteiger partial charge in [-0.05, 0) is 31.6 Å². The van der Waals surface area contributed by atoms with E-state index in [1.807, 2.05) is 0 Å². The molecule has 0 atom stereocenters. The minimum atomic E-state index is -0.191. The molecule has 3 rings (SSSR count). The van der Waals surface area contributed by atoms with Crippen molar-refractivity contribution in [2.75, 3.05) is 19.6 Å². The molecule has 2 heterocycles. The van der Waals surface area contributed by atoms with Crippen LogP contribution in [0.2, 0.25) is 0 Å². The Morgan fingerprint density at radius 2 is 2.05 bits per heavy atom. The summed E-state index contributed by atoms with van der Waals surface area (Å²) in [5.41, 5.74) is 0. The summed E-state index contributed by atoms with van der Waals surface area (Å²) in [7, 11) is 0. The third kappa shape index (κ3) is 3.39. The number of nitrogens with zero attached hydrogens (tertiary/aromatic N) is 2. The van der Waals surface area contributed by atoms with Gasteiger partial charge in [0, 0.05) is 25.7 Å². The standard InChI is InChI=1S/C15H23N3O2/c19-14(15-16-7-10-20-15)17-13-5-8-18(9-6-13)11-12-3-1-2-4-12/h7,10,12-13H,1-6,8-9,11H2,(H,17,19). The summed E-state index contributed by atoms with van der Waals surface area (Å²) in [5, 5.41) is 3.01. The van der Waals surface area contributed by atoms with E-state index in [-0.39, 0.29) is 17.8 Å². The largest absolute Gasteiger partial charge is 0.441 e. The van der Waals surface area contributed by atoms with E-state index in [0.29, 0.717) is 0 Å². The smallest absolute Gasteiger partial charge is 0.307 e. The normalized spacial score (nSPS) is 22.2. The molecule has 2 aliphatic rings. The van der Waals surface area contributed by atoms with Gasteiger partial charge >= 0.3 is 5.91 Å². The van der Waals surface area contributed by atoms with E-state index in [2.05, 4.69) is 15.2 Å². The van der Waals surface area contributed by atoms with E-state index < -0.39 is 0 Å². The van der Waals surface area contributed by atoms with Gasteiger partial charge < -0.3 is 14.6 Å². The highest BCUT2D eigenvalue weighted by Gasteiger charge is 2.25. The van der Waals surface area contributed by atoms with Gasteiger partial charge in [0.05, 0.1) is 6.20 Å². The van der Waals surface area contributed by atoms with Gasteiger partial charge in [0.2, 0.25) is 0 Å². The summed E-state index contributed by atoms with van der Waals surface area (Å²) in [4.78, 5) is 18.3. The van der Waals surface area contributed by atoms with E-state index in [9.17, 15) is 4.79 Å². The second-order valence-corrected chi connectivity index (χ2v) is 6.04. The van der Waals surface area contributed by atoms with Crippen LogP contribution in [0.3, 0.4) is 0 Å². The van der Waals surface area contributed by atoms with Gasteiger partial charge in [-0.25, -0.2) is 4.98 Å². The van der Waals surface area contributed by atoms with E-state index in [1.54, 1.807) is 0 Å². The molecule has 0 bridgehead atoms. The highest BCUT2D eigenvalue weighted by atomic mass is 16.3. The Labute approximate surface area is 119 Å². The van der Waals surface area contributed by atoms with E-state index in [0.717, 1.165) is 31.8 Å². The van der Waals surface area contributed by atoms with Crippen LogP contribution in [-0.2, 0) is 0 Å². The van der Waals surface area contributed by atoms with E-state index in [4.69, 9.17) is 4.42 Å². The topological polar surface area (TPSA) is 58.4 Å². The molecule has 1 saturated carbocycles. The van der Waals surface area contributed by atoms with Crippen LogP contribution in [0, 0.1) is 5.92 Å². The van der Waals surface area contributed by atoms with Crippen molar-refractivity contribution in [2.45, 2.75) is 44.6 Å². The third-order valence-corrected chi connectivity index (χ3v) is 4.54. The number of carbonyl (C=O) groups excluding carboxylic acids is 1. The predicted molar refractivity (Wildman–Crippen MR) is 75.4 cm³/mol. The highest BCUT2D eigenvalue weighted by molar-refractivity contribution is 5.89. The number of hydrogen-bond acceptors (Lipinski definition) is 4. The summed E-state index contributed by atoms with van der Waals surface area (Å²) in [5.74, 6) is 0.885. The number of piperidine rings is 1. The van der Waals surface area contributed by atoms with Gasteiger partial charge in [0.25, 0.3) is 5.89 Å². The Morgan fingerprint density at radius 1 is 1.30 bits per heavy atom. The molecular weight excluding hydrogens is 254 g/mol. The monoisotopic (exact) mass is 277 g/mol. The maximum atomic E-state index is 11.9. The molecule has 5 nitrogen and oxygen atoms in total. The first kappa shape index (κ1) is 13.6. The Balaban J connectivity index is 1.40. The minimum absolute atomic E-state index is 0.165. The molecule has 1 aliphatic carbocycles. The van der Waals surface area contributed by atoms with Gasteiger partial charge in [-0.15, -0.1) is 0 Å². The molecule has 1 aromatic rings. The van der Waals surface area contributed by atoms with Crippen molar-refractivity contribution in [3.05, 3.63) is 18.4 Å². The fourth-order valence-corrected chi connectivity index (χ4v) is 3.40. The Morgan fingerprint density at radius 3 is 2.70 bits per heavy atom. The first-order valence-electron chi connectivity index (χ1n) is 7.74. The molecule has 2 fully saturated rings. The zero-order valence-corrected chi connectivity index (χ0v) is 11.9. The molecular formula is C15H23N3O2. The number of likely N-dealkylation sites (tertiary alicyclic amines) is 1. The summed E-state index contributed by atoms with van der Waals surface area (Å²) >= 11 is 0. The van der Waals surface area contributed by atoms with Crippen LogP contribution >= 0.6 is 0 Å². The molecule has 0 unspecified atom stereocenters. The number of rotatable bonds is 4. The molecule has 1 amide bonds. The second-order valence-electron chi connectivity index (χ2n) is 6.04. The van der Waals surface area contributed by atoms with Crippen LogP contribution in [0.25, 0.3) is 0 Å². The molecule has 0 radical (unpaired) electrons. The van der Waals surface area contributed by atoms with Crippen molar-refractivity contribution in [1.29, 1.82) is 0 Å². The molecule has 110 valence electrons. The highest BCUT2D eigenvalue weighted by Crippen LogP contribution is 2.26. The van der Waals surface area contributed by atoms with Gasteiger partial charge in [0.15, 0.2) is 0 Å². The SMILES string of the molecule is O=C(NC1CCN(CC2CCCC2)CC1)c1ncco1. The van der Waals surface area contributed by atoms with Crippen LogP contribution in [0.15, 0.2) is 16.9 Å². The molecule has 1 N–H and O–H groups in total. The molecule has 1 aromatic heterocycles. The van der Waals surface area contributed by atoms with Crippen molar-refractivity contribution in [2.24, 2.45) is 5.92 Å². The number of amides is 1. The maximum absolute atomic E-state index is 11.9. The number of aromatic nitrogens is 1. The van der Waals surface area contributed by atoms with E-state index >= 15 is 0 Å².